The SMILES string of the molecule is CC(=Nc1c(C)cccc1C)c1cccc(-c2cnc3ccccc3n2)n1. The molecule has 132 valence electrons. The van der Waals surface area contributed by atoms with Crippen LogP contribution in [0.15, 0.2) is 71.9 Å². The van der Waals surface area contributed by atoms with Crippen LogP contribution in [-0.2, 0) is 0 Å². The Hall–Kier alpha value is -3.40. The van der Waals surface area contributed by atoms with Crippen molar-refractivity contribution in [3.8, 4) is 11.4 Å². The molecule has 4 rings (SSSR count). The minimum atomic E-state index is 0.760. The highest BCUT2D eigenvalue weighted by molar-refractivity contribution is 5.99. The number of aryl methyl sites for hydroxylation is 2. The first-order valence-electron chi connectivity index (χ1n) is 8.93. The van der Waals surface area contributed by atoms with Gasteiger partial charge in [0.25, 0.3) is 0 Å². The van der Waals surface area contributed by atoms with Crippen molar-refractivity contribution in [3.05, 3.63) is 83.7 Å². The van der Waals surface area contributed by atoms with Crippen molar-refractivity contribution in [1.29, 1.82) is 0 Å². The van der Waals surface area contributed by atoms with E-state index in [-0.39, 0.29) is 0 Å². The maximum absolute atomic E-state index is 4.83. The molecule has 2 aromatic heterocycles. The number of aromatic nitrogens is 3. The van der Waals surface area contributed by atoms with E-state index in [0.717, 1.165) is 50.6 Å². The van der Waals surface area contributed by atoms with E-state index in [1.165, 1.54) is 0 Å². The number of hydrogen-bond acceptors (Lipinski definition) is 4. The van der Waals surface area contributed by atoms with Gasteiger partial charge in [0.05, 0.1) is 40.0 Å². The van der Waals surface area contributed by atoms with Gasteiger partial charge in [-0.1, -0.05) is 36.4 Å². The number of fused-ring (bicyclic) bond motifs is 1. The summed E-state index contributed by atoms with van der Waals surface area (Å²) in [5.41, 5.74) is 8.34. The summed E-state index contributed by atoms with van der Waals surface area (Å²) in [6.07, 6.45) is 1.77. The maximum atomic E-state index is 4.83. The summed E-state index contributed by atoms with van der Waals surface area (Å²) in [5.74, 6) is 0. The molecule has 0 saturated heterocycles. The Balaban J connectivity index is 1.74. The van der Waals surface area contributed by atoms with E-state index in [1.54, 1.807) is 6.20 Å². The summed E-state index contributed by atoms with van der Waals surface area (Å²) in [6, 6.07) is 20.0. The highest BCUT2D eigenvalue weighted by Crippen LogP contribution is 2.24. The largest absolute Gasteiger partial charge is 0.252 e. The van der Waals surface area contributed by atoms with Crippen LogP contribution in [0, 0.1) is 13.8 Å². The quantitative estimate of drug-likeness (QED) is 0.461. The lowest BCUT2D eigenvalue weighted by Crippen LogP contribution is -2.01. The molecule has 0 N–H and O–H groups in total. The second-order valence-electron chi connectivity index (χ2n) is 6.59. The molecular weight excluding hydrogens is 332 g/mol. The number of aliphatic imine (C=N–C) groups is 1. The second kappa shape index (κ2) is 7.08. The Kier molecular flexibility index (Phi) is 4.47. The molecule has 0 fully saturated rings. The maximum Gasteiger partial charge on any atom is 0.108 e. The zero-order chi connectivity index (χ0) is 18.8. The fourth-order valence-electron chi connectivity index (χ4n) is 3.07. The fraction of sp³-hybridized carbons (Fsp3) is 0.130. The van der Waals surface area contributed by atoms with Crippen LogP contribution in [-0.4, -0.2) is 20.7 Å². The molecule has 0 spiro atoms. The number of benzene rings is 2. The molecule has 0 aliphatic rings. The first-order valence-corrected chi connectivity index (χ1v) is 8.93. The number of nitrogens with zero attached hydrogens (tertiary/aromatic N) is 4. The van der Waals surface area contributed by atoms with E-state index >= 15 is 0 Å². The molecule has 0 saturated carbocycles. The predicted molar refractivity (Wildman–Crippen MR) is 111 cm³/mol. The third-order valence-electron chi connectivity index (χ3n) is 4.55. The molecule has 0 aliphatic carbocycles. The summed E-state index contributed by atoms with van der Waals surface area (Å²) in [4.78, 5) is 18.8. The molecular formula is C23H20N4. The van der Waals surface area contributed by atoms with Crippen LogP contribution in [0.1, 0.15) is 23.7 Å². The lowest BCUT2D eigenvalue weighted by atomic mass is 10.1. The summed E-state index contributed by atoms with van der Waals surface area (Å²) in [5, 5.41) is 0. The van der Waals surface area contributed by atoms with Gasteiger partial charge in [0, 0.05) is 0 Å². The van der Waals surface area contributed by atoms with Crippen molar-refractivity contribution in [1.82, 2.24) is 15.0 Å². The van der Waals surface area contributed by atoms with Gasteiger partial charge in [-0.3, -0.25) is 9.98 Å². The summed E-state index contributed by atoms with van der Waals surface area (Å²) >= 11 is 0. The number of pyridine rings is 1. The molecule has 0 atom stereocenters. The van der Waals surface area contributed by atoms with Crippen LogP contribution in [0.2, 0.25) is 0 Å². The van der Waals surface area contributed by atoms with Gasteiger partial charge in [-0.15, -0.1) is 0 Å². The third-order valence-corrected chi connectivity index (χ3v) is 4.55. The van der Waals surface area contributed by atoms with Crippen LogP contribution in [0.3, 0.4) is 0 Å². The van der Waals surface area contributed by atoms with Crippen LogP contribution >= 0.6 is 0 Å². The van der Waals surface area contributed by atoms with Crippen LogP contribution in [0.25, 0.3) is 22.4 Å². The minimum Gasteiger partial charge on any atom is -0.252 e. The average Bonchev–Trinajstić information content (AvgIpc) is 2.70. The van der Waals surface area contributed by atoms with Crippen molar-refractivity contribution in [2.75, 3.05) is 0 Å². The van der Waals surface area contributed by atoms with E-state index in [0.29, 0.717) is 0 Å². The van der Waals surface area contributed by atoms with E-state index in [1.807, 2.05) is 49.4 Å². The van der Waals surface area contributed by atoms with Crippen LogP contribution in [0.4, 0.5) is 5.69 Å². The van der Waals surface area contributed by atoms with Crippen molar-refractivity contribution in [3.63, 3.8) is 0 Å². The molecule has 4 aromatic rings. The summed E-state index contributed by atoms with van der Waals surface area (Å²) in [7, 11) is 0. The lowest BCUT2D eigenvalue weighted by Gasteiger charge is -2.08. The van der Waals surface area contributed by atoms with Gasteiger partial charge >= 0.3 is 0 Å². The standard InChI is InChI=1S/C23H20N4/c1-15-8-6-9-16(2)23(15)25-17(3)18-12-7-13-21(26-18)22-14-24-19-10-4-5-11-20(19)27-22/h4-14H,1-3H3. The first-order chi connectivity index (χ1) is 13.1. The van der Waals surface area contributed by atoms with E-state index < -0.39 is 0 Å². The van der Waals surface area contributed by atoms with Gasteiger partial charge in [-0.05, 0) is 56.2 Å². The second-order valence-corrected chi connectivity index (χ2v) is 6.59. The molecule has 0 amide bonds. The Morgan fingerprint density at radius 2 is 1.44 bits per heavy atom. The van der Waals surface area contributed by atoms with Gasteiger partial charge in [0.15, 0.2) is 0 Å². The molecule has 0 unspecified atom stereocenters. The van der Waals surface area contributed by atoms with Crippen LogP contribution in [0.5, 0.6) is 0 Å². The Labute approximate surface area is 158 Å². The average molecular weight is 352 g/mol. The van der Waals surface area contributed by atoms with Gasteiger partial charge in [0.2, 0.25) is 0 Å². The summed E-state index contributed by atoms with van der Waals surface area (Å²) < 4.78 is 0. The highest BCUT2D eigenvalue weighted by Gasteiger charge is 2.08. The highest BCUT2D eigenvalue weighted by atomic mass is 14.9. The Morgan fingerprint density at radius 1 is 0.741 bits per heavy atom. The van der Waals surface area contributed by atoms with Gasteiger partial charge in [-0.2, -0.15) is 0 Å². The Morgan fingerprint density at radius 3 is 2.22 bits per heavy atom. The van der Waals surface area contributed by atoms with Gasteiger partial charge in [0.1, 0.15) is 5.69 Å². The number of hydrogen-bond donors (Lipinski definition) is 0. The molecule has 2 heterocycles. The number of para-hydroxylation sites is 3. The summed E-state index contributed by atoms with van der Waals surface area (Å²) in [6.45, 7) is 6.14. The molecule has 4 nitrogen and oxygen atoms in total. The molecule has 27 heavy (non-hydrogen) atoms. The first kappa shape index (κ1) is 17.0. The van der Waals surface area contributed by atoms with E-state index in [9.17, 15) is 0 Å². The Bertz CT molecular complexity index is 1140. The smallest absolute Gasteiger partial charge is 0.108 e. The predicted octanol–water partition coefficient (Wildman–Crippen LogP) is 5.45. The molecule has 0 bridgehead atoms. The van der Waals surface area contributed by atoms with Crippen molar-refractivity contribution < 1.29 is 0 Å². The van der Waals surface area contributed by atoms with Crippen molar-refractivity contribution >= 4 is 22.4 Å². The monoisotopic (exact) mass is 352 g/mol. The van der Waals surface area contributed by atoms with Crippen LogP contribution < -0.4 is 0 Å². The molecule has 0 aliphatic heterocycles. The van der Waals surface area contributed by atoms with E-state index in [2.05, 4.69) is 37.0 Å². The minimum absolute atomic E-state index is 0.760. The molecule has 0 radical (unpaired) electrons. The van der Waals surface area contributed by atoms with Gasteiger partial charge < -0.3 is 0 Å². The van der Waals surface area contributed by atoms with E-state index in [4.69, 9.17) is 15.0 Å². The zero-order valence-corrected chi connectivity index (χ0v) is 15.6. The van der Waals surface area contributed by atoms with Gasteiger partial charge in [-0.25, -0.2) is 9.97 Å². The lowest BCUT2D eigenvalue weighted by molar-refractivity contribution is 1.21. The fourth-order valence-corrected chi connectivity index (χ4v) is 3.07. The molecule has 2 aromatic carbocycles. The van der Waals surface area contributed by atoms with Crippen molar-refractivity contribution in [2.45, 2.75) is 20.8 Å². The number of rotatable bonds is 3. The normalized spacial score (nSPS) is 11.7. The zero-order valence-electron chi connectivity index (χ0n) is 15.6. The van der Waals surface area contributed by atoms with Crippen molar-refractivity contribution in [2.24, 2.45) is 4.99 Å². The topological polar surface area (TPSA) is 51.0 Å². The molecule has 4 heteroatoms. The third kappa shape index (κ3) is 3.47.